The summed E-state index contributed by atoms with van der Waals surface area (Å²) < 4.78 is 5.27. The van der Waals surface area contributed by atoms with E-state index in [0.717, 1.165) is 12.8 Å². The third-order valence-corrected chi connectivity index (χ3v) is 5.29. The van der Waals surface area contributed by atoms with Crippen LogP contribution in [0.1, 0.15) is 54.6 Å². The molecular weight excluding hydrogens is 394 g/mol. The second-order valence-corrected chi connectivity index (χ2v) is 7.71. The molecule has 164 valence electrons. The van der Waals surface area contributed by atoms with Crippen molar-refractivity contribution in [2.75, 3.05) is 13.1 Å². The molecule has 1 aliphatic rings. The zero-order valence-corrected chi connectivity index (χ0v) is 17.6. The first-order valence-electron chi connectivity index (χ1n) is 10.8. The van der Waals surface area contributed by atoms with Gasteiger partial charge in [-0.05, 0) is 43.0 Å². The fourth-order valence-corrected chi connectivity index (χ4v) is 3.66. The highest BCUT2D eigenvalue weighted by atomic mass is 16.3. The van der Waals surface area contributed by atoms with Crippen molar-refractivity contribution in [2.45, 2.75) is 38.5 Å². The summed E-state index contributed by atoms with van der Waals surface area (Å²) in [7, 11) is 0. The van der Waals surface area contributed by atoms with E-state index < -0.39 is 11.8 Å². The number of rotatable bonds is 9. The maximum Gasteiger partial charge on any atom is 0.268 e. The van der Waals surface area contributed by atoms with E-state index in [4.69, 9.17) is 4.42 Å². The second-order valence-electron chi connectivity index (χ2n) is 7.71. The van der Waals surface area contributed by atoms with Gasteiger partial charge in [0, 0.05) is 31.1 Å². The van der Waals surface area contributed by atoms with Gasteiger partial charge in [-0.25, -0.2) is 0 Å². The lowest BCUT2D eigenvalue weighted by atomic mass is 9.87. The van der Waals surface area contributed by atoms with Crippen LogP contribution in [0.3, 0.4) is 0 Å². The highest BCUT2D eigenvalue weighted by molar-refractivity contribution is 6.05. The summed E-state index contributed by atoms with van der Waals surface area (Å²) in [4.78, 5) is 37.2. The Morgan fingerprint density at radius 1 is 0.935 bits per heavy atom. The molecule has 0 saturated heterocycles. The van der Waals surface area contributed by atoms with Gasteiger partial charge in [0.2, 0.25) is 5.91 Å². The molecule has 0 bridgehead atoms. The molecule has 0 spiro atoms. The molecule has 3 rings (SSSR count). The lowest BCUT2D eigenvalue weighted by Gasteiger charge is -2.20. The van der Waals surface area contributed by atoms with Crippen molar-refractivity contribution in [3.05, 3.63) is 65.7 Å². The number of carbonyl (C=O) groups excluding carboxylic acids is 3. The number of carbonyl (C=O) groups is 3. The van der Waals surface area contributed by atoms with Gasteiger partial charge in [0.1, 0.15) is 11.5 Å². The van der Waals surface area contributed by atoms with Gasteiger partial charge in [-0.1, -0.05) is 37.5 Å². The molecule has 7 heteroatoms. The number of furan rings is 1. The Kier molecular flexibility index (Phi) is 8.46. The van der Waals surface area contributed by atoms with Gasteiger partial charge in [-0.3, -0.25) is 14.4 Å². The molecule has 2 aromatic rings. The molecule has 1 fully saturated rings. The molecular formula is C24H29N3O4. The standard InChI is InChI=1S/C24H29N3O4/c28-22(16-18-8-3-1-4-9-18)25-13-14-26-24(30)21(17-20-12-7-15-31-20)27-23(29)19-10-5-2-6-11-19/h2,5-7,10-12,15,17-18H,1,3-4,8-9,13-14,16H2,(H,25,28)(H,26,30)(H,27,29). The Morgan fingerprint density at radius 3 is 2.39 bits per heavy atom. The third-order valence-electron chi connectivity index (χ3n) is 5.29. The maximum atomic E-state index is 12.6. The van der Waals surface area contributed by atoms with E-state index >= 15 is 0 Å². The summed E-state index contributed by atoms with van der Waals surface area (Å²) in [5.41, 5.74) is 0.507. The predicted molar refractivity (Wildman–Crippen MR) is 118 cm³/mol. The number of hydrogen-bond donors (Lipinski definition) is 3. The van der Waals surface area contributed by atoms with Crippen LogP contribution in [0.5, 0.6) is 0 Å². The Bertz CT molecular complexity index is 885. The van der Waals surface area contributed by atoms with Crippen molar-refractivity contribution >= 4 is 23.8 Å². The average Bonchev–Trinajstić information content (AvgIpc) is 3.30. The fourth-order valence-electron chi connectivity index (χ4n) is 3.66. The molecule has 1 heterocycles. The van der Waals surface area contributed by atoms with Crippen molar-refractivity contribution in [1.82, 2.24) is 16.0 Å². The SMILES string of the molecule is O=C(CC1CCCCC1)NCCNC(=O)C(=Cc1ccco1)NC(=O)c1ccccc1. The van der Waals surface area contributed by atoms with E-state index in [1.54, 1.807) is 36.4 Å². The fraction of sp³-hybridized carbons (Fsp3) is 0.375. The van der Waals surface area contributed by atoms with Gasteiger partial charge in [-0.2, -0.15) is 0 Å². The van der Waals surface area contributed by atoms with Crippen LogP contribution in [0.4, 0.5) is 0 Å². The van der Waals surface area contributed by atoms with Gasteiger partial charge in [0.25, 0.3) is 11.8 Å². The second kappa shape index (κ2) is 11.7. The number of nitrogens with one attached hydrogen (secondary N) is 3. The molecule has 1 aromatic carbocycles. The molecule has 3 N–H and O–H groups in total. The molecule has 3 amide bonds. The normalized spacial score (nSPS) is 14.6. The third kappa shape index (κ3) is 7.44. The Balaban J connectivity index is 1.50. The molecule has 1 saturated carbocycles. The molecule has 0 unspecified atom stereocenters. The Labute approximate surface area is 182 Å². The van der Waals surface area contributed by atoms with Crippen molar-refractivity contribution in [3.8, 4) is 0 Å². The number of benzene rings is 1. The van der Waals surface area contributed by atoms with E-state index in [1.807, 2.05) is 6.07 Å². The minimum atomic E-state index is -0.456. The van der Waals surface area contributed by atoms with Crippen LogP contribution in [0.15, 0.2) is 58.8 Å². The quantitative estimate of drug-likeness (QED) is 0.426. The van der Waals surface area contributed by atoms with E-state index in [1.165, 1.54) is 31.6 Å². The summed E-state index contributed by atoms with van der Waals surface area (Å²) in [6.45, 7) is 0.587. The molecule has 7 nitrogen and oxygen atoms in total. The van der Waals surface area contributed by atoms with Gasteiger partial charge < -0.3 is 20.4 Å². The zero-order chi connectivity index (χ0) is 21.9. The van der Waals surface area contributed by atoms with Crippen molar-refractivity contribution in [3.63, 3.8) is 0 Å². The van der Waals surface area contributed by atoms with Crippen molar-refractivity contribution < 1.29 is 18.8 Å². The van der Waals surface area contributed by atoms with Crippen molar-refractivity contribution in [1.29, 1.82) is 0 Å². The van der Waals surface area contributed by atoms with E-state index in [9.17, 15) is 14.4 Å². The van der Waals surface area contributed by atoms with Crippen LogP contribution in [-0.4, -0.2) is 30.8 Å². The van der Waals surface area contributed by atoms with E-state index in [-0.39, 0.29) is 18.1 Å². The first-order chi connectivity index (χ1) is 15.1. The Hall–Kier alpha value is -3.35. The van der Waals surface area contributed by atoms with Crippen molar-refractivity contribution in [2.24, 2.45) is 5.92 Å². The average molecular weight is 424 g/mol. The summed E-state index contributed by atoms with van der Waals surface area (Å²) in [5, 5.41) is 8.23. The topological polar surface area (TPSA) is 100 Å². The van der Waals surface area contributed by atoms with Crippen LogP contribution in [-0.2, 0) is 9.59 Å². The summed E-state index contributed by atoms with van der Waals surface area (Å²) >= 11 is 0. The zero-order valence-electron chi connectivity index (χ0n) is 17.6. The van der Waals surface area contributed by atoms with E-state index in [2.05, 4.69) is 16.0 Å². The maximum absolute atomic E-state index is 12.6. The molecule has 0 atom stereocenters. The number of amides is 3. The van der Waals surface area contributed by atoms with Crippen LogP contribution in [0, 0.1) is 5.92 Å². The van der Waals surface area contributed by atoms with E-state index in [0.29, 0.717) is 30.2 Å². The highest BCUT2D eigenvalue weighted by Gasteiger charge is 2.17. The molecule has 0 radical (unpaired) electrons. The largest absolute Gasteiger partial charge is 0.465 e. The van der Waals surface area contributed by atoms with Gasteiger partial charge >= 0.3 is 0 Å². The minimum Gasteiger partial charge on any atom is -0.465 e. The Morgan fingerprint density at radius 2 is 1.68 bits per heavy atom. The lowest BCUT2D eigenvalue weighted by molar-refractivity contribution is -0.122. The monoisotopic (exact) mass is 423 g/mol. The first kappa shape index (κ1) is 22.3. The van der Waals surface area contributed by atoms with Crippen LogP contribution < -0.4 is 16.0 Å². The molecule has 31 heavy (non-hydrogen) atoms. The number of hydrogen-bond acceptors (Lipinski definition) is 4. The minimum absolute atomic E-state index is 0.0184. The summed E-state index contributed by atoms with van der Waals surface area (Å²) in [6, 6.07) is 12.0. The van der Waals surface area contributed by atoms with Crippen LogP contribution >= 0.6 is 0 Å². The smallest absolute Gasteiger partial charge is 0.268 e. The molecule has 0 aliphatic heterocycles. The lowest BCUT2D eigenvalue weighted by Crippen LogP contribution is -2.39. The predicted octanol–water partition coefficient (Wildman–Crippen LogP) is 3.25. The first-order valence-corrected chi connectivity index (χ1v) is 10.8. The van der Waals surface area contributed by atoms with Gasteiger partial charge in [0.15, 0.2) is 0 Å². The summed E-state index contributed by atoms with van der Waals surface area (Å²) in [6.07, 6.45) is 9.41. The highest BCUT2D eigenvalue weighted by Crippen LogP contribution is 2.25. The van der Waals surface area contributed by atoms with Crippen LogP contribution in [0.2, 0.25) is 0 Å². The van der Waals surface area contributed by atoms with Crippen LogP contribution in [0.25, 0.3) is 6.08 Å². The molecule has 1 aromatic heterocycles. The molecule has 1 aliphatic carbocycles. The van der Waals surface area contributed by atoms with Gasteiger partial charge in [0.05, 0.1) is 6.26 Å². The van der Waals surface area contributed by atoms with Gasteiger partial charge in [-0.15, -0.1) is 0 Å². The summed E-state index contributed by atoms with van der Waals surface area (Å²) in [5.74, 6) is 0.0834.